The Morgan fingerprint density at radius 1 is 1.50 bits per heavy atom. The second kappa shape index (κ2) is 6.70. The molecule has 2 unspecified atom stereocenters. The van der Waals surface area contributed by atoms with E-state index in [1.165, 1.54) is 0 Å². The lowest BCUT2D eigenvalue weighted by atomic mass is 10.1. The summed E-state index contributed by atoms with van der Waals surface area (Å²) >= 11 is 0. The molecule has 5 heteroatoms. The average Bonchev–Trinajstić information content (AvgIpc) is 2.81. The normalized spacial score (nSPS) is 22.0. The molecule has 20 heavy (non-hydrogen) atoms. The fourth-order valence-corrected chi connectivity index (χ4v) is 2.55. The Bertz CT molecular complexity index is 462. The number of pyridine rings is 1. The Kier molecular flexibility index (Phi) is 4.95. The Morgan fingerprint density at radius 3 is 2.95 bits per heavy atom. The van der Waals surface area contributed by atoms with Gasteiger partial charge in [-0.25, -0.2) is 4.98 Å². The number of rotatable bonds is 5. The van der Waals surface area contributed by atoms with Gasteiger partial charge in [-0.05, 0) is 38.8 Å². The number of nitrogens with one attached hydrogen (secondary N) is 2. The van der Waals surface area contributed by atoms with E-state index in [0.29, 0.717) is 17.9 Å². The average molecular weight is 277 g/mol. The molecule has 1 saturated carbocycles. The fourth-order valence-electron chi connectivity index (χ4n) is 2.55. The van der Waals surface area contributed by atoms with Crippen LogP contribution in [0.5, 0.6) is 0 Å². The van der Waals surface area contributed by atoms with Gasteiger partial charge in [0.1, 0.15) is 5.82 Å². The van der Waals surface area contributed by atoms with Crippen molar-refractivity contribution in [2.24, 2.45) is 5.92 Å². The Morgan fingerprint density at radius 2 is 2.30 bits per heavy atom. The number of hydrogen-bond acceptors (Lipinski definition) is 4. The number of amides is 1. The van der Waals surface area contributed by atoms with Crippen LogP contribution in [0.2, 0.25) is 0 Å². The number of nitrogens with zero attached hydrogens (tertiary/aromatic N) is 1. The zero-order chi connectivity index (χ0) is 14.5. The van der Waals surface area contributed by atoms with Crippen LogP contribution in [-0.2, 0) is 0 Å². The highest BCUT2D eigenvalue weighted by molar-refractivity contribution is 5.98. The molecule has 1 heterocycles. The van der Waals surface area contributed by atoms with Crippen molar-refractivity contribution in [2.75, 3.05) is 11.9 Å². The number of anilines is 1. The monoisotopic (exact) mass is 277 g/mol. The SMILES string of the molecule is CC(C)Nc1ncccc1C(=O)NCC1CCCC1O. The van der Waals surface area contributed by atoms with Crippen LogP contribution in [0, 0.1) is 5.92 Å². The Balaban J connectivity index is 1.98. The molecule has 1 aliphatic carbocycles. The minimum absolute atomic E-state index is 0.139. The van der Waals surface area contributed by atoms with Crippen molar-refractivity contribution in [2.45, 2.75) is 45.3 Å². The number of hydrogen-bond donors (Lipinski definition) is 3. The van der Waals surface area contributed by atoms with Gasteiger partial charge in [0.25, 0.3) is 5.91 Å². The molecule has 2 atom stereocenters. The lowest BCUT2D eigenvalue weighted by Crippen LogP contribution is -2.33. The highest BCUT2D eigenvalue weighted by atomic mass is 16.3. The maximum atomic E-state index is 12.2. The smallest absolute Gasteiger partial charge is 0.255 e. The van der Waals surface area contributed by atoms with Gasteiger partial charge in [-0.2, -0.15) is 0 Å². The van der Waals surface area contributed by atoms with Crippen LogP contribution >= 0.6 is 0 Å². The van der Waals surface area contributed by atoms with Crippen molar-refractivity contribution < 1.29 is 9.90 Å². The first-order valence-corrected chi connectivity index (χ1v) is 7.25. The Labute approximate surface area is 119 Å². The van der Waals surface area contributed by atoms with Gasteiger partial charge in [-0.1, -0.05) is 6.42 Å². The van der Waals surface area contributed by atoms with E-state index in [2.05, 4.69) is 15.6 Å². The fraction of sp³-hybridized carbons (Fsp3) is 0.600. The molecule has 0 saturated heterocycles. The molecule has 1 aromatic heterocycles. The van der Waals surface area contributed by atoms with Gasteiger partial charge in [0, 0.05) is 24.7 Å². The molecule has 5 nitrogen and oxygen atoms in total. The van der Waals surface area contributed by atoms with Crippen molar-refractivity contribution >= 4 is 11.7 Å². The van der Waals surface area contributed by atoms with Gasteiger partial charge in [0.2, 0.25) is 0 Å². The largest absolute Gasteiger partial charge is 0.393 e. The minimum atomic E-state index is -0.280. The first-order chi connectivity index (χ1) is 9.58. The molecule has 0 radical (unpaired) electrons. The zero-order valence-electron chi connectivity index (χ0n) is 12.1. The number of carbonyl (C=O) groups is 1. The second-order valence-corrected chi connectivity index (χ2v) is 5.67. The summed E-state index contributed by atoms with van der Waals surface area (Å²) in [5.74, 6) is 0.643. The summed E-state index contributed by atoms with van der Waals surface area (Å²) in [5.41, 5.74) is 0.550. The van der Waals surface area contributed by atoms with E-state index in [9.17, 15) is 9.90 Å². The van der Waals surface area contributed by atoms with Crippen molar-refractivity contribution in [3.05, 3.63) is 23.9 Å². The molecule has 1 fully saturated rings. The van der Waals surface area contributed by atoms with Crippen LogP contribution in [-0.4, -0.2) is 34.7 Å². The minimum Gasteiger partial charge on any atom is -0.393 e. The van der Waals surface area contributed by atoms with E-state index in [-0.39, 0.29) is 24.0 Å². The third kappa shape index (κ3) is 3.70. The molecule has 1 aliphatic rings. The van der Waals surface area contributed by atoms with E-state index in [1.54, 1.807) is 18.3 Å². The maximum Gasteiger partial charge on any atom is 0.255 e. The van der Waals surface area contributed by atoms with Gasteiger partial charge in [-0.15, -0.1) is 0 Å². The standard InChI is InChI=1S/C15H23N3O2/c1-10(2)18-14-12(6-4-8-16-14)15(20)17-9-11-5-3-7-13(11)19/h4,6,8,10-11,13,19H,3,5,7,9H2,1-2H3,(H,16,18)(H,17,20). The first-order valence-electron chi connectivity index (χ1n) is 7.25. The number of aliphatic hydroxyl groups is 1. The number of aliphatic hydroxyl groups excluding tert-OH is 1. The van der Waals surface area contributed by atoms with Crippen LogP contribution in [0.3, 0.4) is 0 Å². The van der Waals surface area contributed by atoms with Crippen LogP contribution in [0.15, 0.2) is 18.3 Å². The molecule has 0 aromatic carbocycles. The number of aromatic nitrogens is 1. The van der Waals surface area contributed by atoms with Gasteiger partial charge in [0.05, 0.1) is 11.7 Å². The summed E-state index contributed by atoms with van der Waals surface area (Å²) < 4.78 is 0. The quantitative estimate of drug-likeness (QED) is 0.767. The van der Waals surface area contributed by atoms with Crippen LogP contribution in [0.4, 0.5) is 5.82 Å². The summed E-state index contributed by atoms with van der Waals surface area (Å²) in [6.45, 7) is 4.53. The summed E-state index contributed by atoms with van der Waals surface area (Å²) in [6.07, 6.45) is 4.24. The first kappa shape index (κ1) is 14.8. The summed E-state index contributed by atoms with van der Waals surface area (Å²) in [7, 11) is 0. The van der Waals surface area contributed by atoms with E-state index in [1.807, 2.05) is 13.8 Å². The molecule has 1 aromatic rings. The highest BCUT2D eigenvalue weighted by Crippen LogP contribution is 2.24. The lowest BCUT2D eigenvalue weighted by Gasteiger charge is -2.17. The van der Waals surface area contributed by atoms with Gasteiger partial charge < -0.3 is 15.7 Å². The summed E-state index contributed by atoms with van der Waals surface area (Å²) in [6, 6.07) is 3.73. The molecule has 3 N–H and O–H groups in total. The molecule has 2 rings (SSSR count). The molecule has 0 spiro atoms. The van der Waals surface area contributed by atoms with E-state index >= 15 is 0 Å². The van der Waals surface area contributed by atoms with Crippen molar-refractivity contribution in [1.82, 2.24) is 10.3 Å². The number of carbonyl (C=O) groups excluding carboxylic acids is 1. The van der Waals surface area contributed by atoms with Crippen molar-refractivity contribution in [1.29, 1.82) is 0 Å². The van der Waals surface area contributed by atoms with E-state index in [4.69, 9.17) is 0 Å². The predicted octanol–water partition coefficient (Wildman–Crippen LogP) is 1.79. The third-order valence-electron chi connectivity index (χ3n) is 3.62. The lowest BCUT2D eigenvalue weighted by molar-refractivity contribution is 0.0917. The maximum absolute atomic E-state index is 12.2. The summed E-state index contributed by atoms with van der Waals surface area (Å²) in [4.78, 5) is 16.5. The highest BCUT2D eigenvalue weighted by Gasteiger charge is 2.25. The second-order valence-electron chi connectivity index (χ2n) is 5.67. The molecule has 0 aliphatic heterocycles. The van der Waals surface area contributed by atoms with Gasteiger partial charge >= 0.3 is 0 Å². The van der Waals surface area contributed by atoms with E-state index in [0.717, 1.165) is 19.3 Å². The molecular weight excluding hydrogens is 254 g/mol. The van der Waals surface area contributed by atoms with Crippen molar-refractivity contribution in [3.63, 3.8) is 0 Å². The van der Waals surface area contributed by atoms with Gasteiger partial charge in [0.15, 0.2) is 0 Å². The van der Waals surface area contributed by atoms with Crippen LogP contribution < -0.4 is 10.6 Å². The molecule has 0 bridgehead atoms. The topological polar surface area (TPSA) is 74.2 Å². The van der Waals surface area contributed by atoms with Crippen LogP contribution in [0.1, 0.15) is 43.5 Å². The van der Waals surface area contributed by atoms with Crippen LogP contribution in [0.25, 0.3) is 0 Å². The molecule has 1 amide bonds. The van der Waals surface area contributed by atoms with Crippen molar-refractivity contribution in [3.8, 4) is 0 Å². The Hall–Kier alpha value is -1.62. The predicted molar refractivity (Wildman–Crippen MR) is 78.7 cm³/mol. The molecule has 110 valence electrons. The van der Waals surface area contributed by atoms with Gasteiger partial charge in [-0.3, -0.25) is 4.79 Å². The van der Waals surface area contributed by atoms with E-state index < -0.39 is 0 Å². The zero-order valence-corrected chi connectivity index (χ0v) is 12.1. The summed E-state index contributed by atoms with van der Waals surface area (Å²) in [5, 5.41) is 15.8. The molecular formula is C15H23N3O2. The third-order valence-corrected chi connectivity index (χ3v) is 3.62.